The van der Waals surface area contributed by atoms with Crippen molar-refractivity contribution in [3.8, 4) is 0 Å². The summed E-state index contributed by atoms with van der Waals surface area (Å²) >= 11 is 0. The van der Waals surface area contributed by atoms with Gasteiger partial charge in [-0.05, 0) is 23.2 Å². The Kier molecular flexibility index (Phi) is 2.90. The second kappa shape index (κ2) is 4.04. The summed E-state index contributed by atoms with van der Waals surface area (Å²) in [5.74, 6) is -0.140. The van der Waals surface area contributed by atoms with Gasteiger partial charge in [0.1, 0.15) is 5.82 Å². The Morgan fingerprint density at radius 2 is 2.40 bits per heavy atom. The first-order valence-electron chi connectivity index (χ1n) is 4.64. The van der Waals surface area contributed by atoms with E-state index in [9.17, 15) is 13.6 Å². The summed E-state index contributed by atoms with van der Waals surface area (Å²) in [5, 5.41) is 9.41. The van der Waals surface area contributed by atoms with E-state index in [2.05, 4.69) is 0 Å². The monoisotopic (exact) mass is 228 g/mol. The van der Waals surface area contributed by atoms with Gasteiger partial charge >= 0.3 is 7.12 Å². The zero-order valence-electron chi connectivity index (χ0n) is 8.20. The molecule has 0 saturated carbocycles. The Morgan fingerprint density at radius 1 is 1.67 bits per heavy atom. The molecule has 0 fully saturated rings. The molecule has 1 aromatic rings. The highest BCUT2D eigenvalue weighted by molar-refractivity contribution is 7.85. The summed E-state index contributed by atoms with van der Waals surface area (Å²) in [4.78, 5) is 0.140. The second-order valence-corrected chi connectivity index (χ2v) is 4.99. The van der Waals surface area contributed by atoms with Gasteiger partial charge in [-0.2, -0.15) is 0 Å². The van der Waals surface area contributed by atoms with Crippen molar-refractivity contribution in [2.75, 3.05) is 5.75 Å². The summed E-state index contributed by atoms with van der Waals surface area (Å²) < 4.78 is 29.9. The van der Waals surface area contributed by atoms with Crippen LogP contribution >= 0.6 is 0 Å². The van der Waals surface area contributed by atoms with Crippen LogP contribution in [0.1, 0.15) is 12.5 Å². The van der Waals surface area contributed by atoms with Crippen LogP contribution < -0.4 is 5.46 Å². The molecule has 15 heavy (non-hydrogen) atoms. The zero-order valence-corrected chi connectivity index (χ0v) is 9.01. The summed E-state index contributed by atoms with van der Waals surface area (Å²) in [6.07, 6.45) is 0. The molecule has 0 aliphatic carbocycles. The van der Waals surface area contributed by atoms with Crippen LogP contribution in [0.5, 0.6) is 0 Å². The molecule has 0 bridgehead atoms. The van der Waals surface area contributed by atoms with Crippen LogP contribution in [0.4, 0.5) is 4.39 Å². The van der Waals surface area contributed by atoms with Crippen LogP contribution in [-0.4, -0.2) is 22.1 Å². The van der Waals surface area contributed by atoms with E-state index in [1.807, 2.05) is 0 Å². The molecular weight excluding hydrogens is 218 g/mol. The van der Waals surface area contributed by atoms with E-state index in [1.54, 1.807) is 6.92 Å². The third-order valence-electron chi connectivity index (χ3n) is 2.36. The van der Waals surface area contributed by atoms with Crippen molar-refractivity contribution in [2.24, 2.45) is 0 Å². The van der Waals surface area contributed by atoms with E-state index in [4.69, 9.17) is 4.65 Å². The Hall–Kier alpha value is -0.715. The number of benzene rings is 1. The Balaban J connectivity index is 2.50. The molecule has 0 saturated heterocycles. The molecule has 2 rings (SSSR count). The third-order valence-corrected chi connectivity index (χ3v) is 3.69. The number of fused-ring (bicyclic) bond motifs is 1. The lowest BCUT2D eigenvalue weighted by Gasteiger charge is -2.04. The smallest absolute Gasteiger partial charge is 0.423 e. The molecule has 1 unspecified atom stereocenters. The van der Waals surface area contributed by atoms with Gasteiger partial charge in [-0.25, -0.2) is 4.39 Å². The number of rotatable bonds is 2. The van der Waals surface area contributed by atoms with Gasteiger partial charge in [0, 0.05) is 5.75 Å². The minimum Gasteiger partial charge on any atom is -0.423 e. The van der Waals surface area contributed by atoms with Gasteiger partial charge in [0.15, 0.2) is 0 Å². The largest absolute Gasteiger partial charge is 0.491 e. The normalized spacial score (nSPS) is 16.6. The van der Waals surface area contributed by atoms with Crippen LogP contribution in [0.2, 0.25) is 0 Å². The molecule has 3 nitrogen and oxygen atoms in total. The van der Waals surface area contributed by atoms with Crippen molar-refractivity contribution >= 4 is 23.4 Å². The molecular formula is C9H10BFO3S. The highest BCUT2D eigenvalue weighted by Crippen LogP contribution is 2.17. The fourth-order valence-corrected chi connectivity index (χ4v) is 2.40. The van der Waals surface area contributed by atoms with E-state index in [0.717, 1.165) is 0 Å². The molecule has 1 aliphatic rings. The molecule has 1 aliphatic heterocycles. The lowest BCUT2D eigenvalue weighted by molar-refractivity contribution is 0.275. The summed E-state index contributed by atoms with van der Waals surface area (Å²) in [5.41, 5.74) is 1.14. The van der Waals surface area contributed by atoms with Gasteiger partial charge in [0.05, 0.1) is 22.3 Å². The number of halogens is 1. The van der Waals surface area contributed by atoms with Crippen molar-refractivity contribution < 1.29 is 18.3 Å². The molecule has 1 aromatic carbocycles. The topological polar surface area (TPSA) is 46.5 Å². The average Bonchev–Trinajstić information content (AvgIpc) is 2.58. The molecule has 1 atom stereocenters. The number of hydrogen-bond donors (Lipinski definition) is 1. The molecule has 0 radical (unpaired) electrons. The standard InChI is InChI=1S/C9H10BFO3S/c1-2-15(13)9-4-7-6(3-8(9)11)5-14-10(7)12/h3-4,12H,2,5H2,1H3. The van der Waals surface area contributed by atoms with Crippen LogP contribution in [0, 0.1) is 5.82 Å². The lowest BCUT2D eigenvalue weighted by Crippen LogP contribution is -2.28. The van der Waals surface area contributed by atoms with Crippen molar-refractivity contribution in [2.45, 2.75) is 18.4 Å². The summed E-state index contributed by atoms with van der Waals surface area (Å²) in [6, 6.07) is 2.72. The van der Waals surface area contributed by atoms with Gasteiger partial charge in [-0.3, -0.25) is 4.21 Å². The fourth-order valence-electron chi connectivity index (χ4n) is 1.55. The molecule has 1 N–H and O–H groups in total. The first-order chi connectivity index (χ1) is 7.13. The fraction of sp³-hybridized carbons (Fsp3) is 0.333. The van der Waals surface area contributed by atoms with E-state index < -0.39 is 23.7 Å². The average molecular weight is 228 g/mol. The SMILES string of the molecule is CCS(=O)c1cc2c(cc1F)COB2O. The van der Waals surface area contributed by atoms with Crippen molar-refractivity contribution in [3.05, 3.63) is 23.5 Å². The second-order valence-electron chi connectivity index (χ2n) is 3.28. The zero-order chi connectivity index (χ0) is 11.0. The maximum atomic E-state index is 13.5. The molecule has 0 spiro atoms. The van der Waals surface area contributed by atoms with Gasteiger partial charge < -0.3 is 9.68 Å². The van der Waals surface area contributed by atoms with Crippen LogP contribution in [0.15, 0.2) is 17.0 Å². The quantitative estimate of drug-likeness (QED) is 0.734. The van der Waals surface area contributed by atoms with E-state index in [1.165, 1.54) is 12.1 Å². The molecule has 6 heteroatoms. The minimum absolute atomic E-state index is 0.140. The van der Waals surface area contributed by atoms with Gasteiger partial charge in [0.2, 0.25) is 0 Å². The summed E-state index contributed by atoms with van der Waals surface area (Å²) in [7, 11) is -2.37. The van der Waals surface area contributed by atoms with Crippen LogP contribution in [-0.2, 0) is 22.1 Å². The van der Waals surface area contributed by atoms with E-state index in [0.29, 0.717) is 16.8 Å². The predicted molar refractivity (Wildman–Crippen MR) is 55.7 cm³/mol. The van der Waals surface area contributed by atoms with E-state index in [-0.39, 0.29) is 11.5 Å². The van der Waals surface area contributed by atoms with Crippen molar-refractivity contribution in [1.82, 2.24) is 0 Å². The van der Waals surface area contributed by atoms with Crippen LogP contribution in [0.3, 0.4) is 0 Å². The Labute approximate surface area is 89.9 Å². The Bertz CT molecular complexity index is 424. The van der Waals surface area contributed by atoms with E-state index >= 15 is 0 Å². The highest BCUT2D eigenvalue weighted by Gasteiger charge is 2.29. The maximum Gasteiger partial charge on any atom is 0.491 e. The molecule has 1 heterocycles. The highest BCUT2D eigenvalue weighted by atomic mass is 32.2. The molecule has 0 amide bonds. The number of hydrogen-bond acceptors (Lipinski definition) is 3. The maximum absolute atomic E-state index is 13.5. The van der Waals surface area contributed by atoms with Gasteiger partial charge in [-0.1, -0.05) is 6.92 Å². The van der Waals surface area contributed by atoms with Crippen molar-refractivity contribution in [1.29, 1.82) is 0 Å². The first-order valence-corrected chi connectivity index (χ1v) is 5.95. The third kappa shape index (κ3) is 1.84. The lowest BCUT2D eigenvalue weighted by atomic mass is 9.80. The molecule has 0 aromatic heterocycles. The van der Waals surface area contributed by atoms with Gasteiger partial charge in [0.25, 0.3) is 0 Å². The Morgan fingerprint density at radius 3 is 3.07 bits per heavy atom. The van der Waals surface area contributed by atoms with Crippen LogP contribution in [0.25, 0.3) is 0 Å². The first kappa shape index (κ1) is 10.8. The van der Waals surface area contributed by atoms with Gasteiger partial charge in [-0.15, -0.1) is 0 Å². The predicted octanol–water partition coefficient (Wildman–Crippen LogP) is 0.171. The molecule has 80 valence electrons. The minimum atomic E-state index is -1.35. The van der Waals surface area contributed by atoms with Crippen molar-refractivity contribution in [3.63, 3.8) is 0 Å². The summed E-state index contributed by atoms with van der Waals surface area (Å²) in [6.45, 7) is 1.92.